The van der Waals surface area contributed by atoms with E-state index in [1.165, 1.54) is 12.0 Å². The molecule has 1 aromatic carbocycles. The molecule has 1 aromatic rings. The Labute approximate surface area is 98.8 Å². The Balaban J connectivity index is 2.33. The van der Waals surface area contributed by atoms with Gasteiger partial charge in [0.1, 0.15) is 5.75 Å². The zero-order valence-corrected chi connectivity index (χ0v) is 10.4. The quantitative estimate of drug-likeness (QED) is 0.718. The highest BCUT2D eigenvalue weighted by Crippen LogP contribution is 2.14. The minimum absolute atomic E-state index is 0.691. The Bertz CT molecular complexity index is 297. The van der Waals surface area contributed by atoms with Gasteiger partial charge < -0.3 is 10.5 Å². The van der Waals surface area contributed by atoms with Crippen LogP contribution in [-0.4, -0.2) is 13.2 Å². The first-order chi connectivity index (χ1) is 7.72. The lowest BCUT2D eigenvalue weighted by molar-refractivity contribution is 0.297. The molecule has 90 valence electrons. The van der Waals surface area contributed by atoms with E-state index in [4.69, 9.17) is 10.5 Å². The van der Waals surface area contributed by atoms with Crippen LogP contribution in [0.25, 0.3) is 0 Å². The van der Waals surface area contributed by atoms with Gasteiger partial charge in [-0.3, -0.25) is 0 Å². The van der Waals surface area contributed by atoms with Gasteiger partial charge >= 0.3 is 0 Å². The summed E-state index contributed by atoms with van der Waals surface area (Å²) in [7, 11) is 0. The van der Waals surface area contributed by atoms with Crippen LogP contribution in [0.1, 0.15) is 32.3 Å². The normalized spacial score (nSPS) is 10.8. The maximum Gasteiger partial charge on any atom is 0.119 e. The lowest BCUT2D eigenvalue weighted by atomic mass is 10.1. The second kappa shape index (κ2) is 7.29. The van der Waals surface area contributed by atoms with Crippen LogP contribution >= 0.6 is 0 Å². The van der Waals surface area contributed by atoms with E-state index in [0.717, 1.165) is 31.1 Å². The standard InChI is InChI=1S/C14H23NO/c1-12(2)5-4-10-16-14-7-3-6-13(11-14)8-9-15/h3,6-7,11-12H,4-5,8-10,15H2,1-2H3. The van der Waals surface area contributed by atoms with E-state index >= 15 is 0 Å². The summed E-state index contributed by atoms with van der Waals surface area (Å²) in [6.07, 6.45) is 3.27. The number of hydrogen-bond acceptors (Lipinski definition) is 2. The van der Waals surface area contributed by atoms with Crippen molar-refractivity contribution < 1.29 is 4.74 Å². The molecular weight excluding hydrogens is 198 g/mol. The van der Waals surface area contributed by atoms with Crippen molar-refractivity contribution in [3.8, 4) is 5.75 Å². The maximum atomic E-state index is 5.70. The molecule has 0 saturated carbocycles. The smallest absolute Gasteiger partial charge is 0.119 e. The Morgan fingerprint density at radius 1 is 1.31 bits per heavy atom. The first kappa shape index (κ1) is 13.0. The molecule has 0 aromatic heterocycles. The number of nitrogens with two attached hydrogens (primary N) is 1. The minimum atomic E-state index is 0.691. The average Bonchev–Trinajstić information content (AvgIpc) is 2.25. The van der Waals surface area contributed by atoms with Crippen LogP contribution in [0.5, 0.6) is 5.75 Å². The van der Waals surface area contributed by atoms with Gasteiger partial charge in [-0.1, -0.05) is 26.0 Å². The summed E-state index contributed by atoms with van der Waals surface area (Å²) in [5.41, 5.74) is 6.78. The van der Waals surface area contributed by atoms with Crippen LogP contribution in [0.3, 0.4) is 0 Å². The summed E-state index contributed by atoms with van der Waals surface area (Å²) in [5.74, 6) is 1.72. The molecule has 2 N–H and O–H groups in total. The third-order valence-electron chi connectivity index (χ3n) is 2.53. The first-order valence-electron chi connectivity index (χ1n) is 6.14. The van der Waals surface area contributed by atoms with E-state index in [1.807, 2.05) is 12.1 Å². The van der Waals surface area contributed by atoms with E-state index < -0.39 is 0 Å². The van der Waals surface area contributed by atoms with E-state index in [1.54, 1.807) is 0 Å². The van der Waals surface area contributed by atoms with Crippen LogP contribution < -0.4 is 10.5 Å². The van der Waals surface area contributed by atoms with Gasteiger partial charge in [0.2, 0.25) is 0 Å². The van der Waals surface area contributed by atoms with Crippen molar-refractivity contribution in [3.05, 3.63) is 29.8 Å². The minimum Gasteiger partial charge on any atom is -0.494 e. The molecule has 0 amide bonds. The van der Waals surface area contributed by atoms with Crippen LogP contribution in [0, 0.1) is 5.92 Å². The molecule has 0 bridgehead atoms. The van der Waals surface area contributed by atoms with Gasteiger partial charge in [0.05, 0.1) is 6.61 Å². The zero-order chi connectivity index (χ0) is 11.8. The van der Waals surface area contributed by atoms with Crippen molar-refractivity contribution >= 4 is 0 Å². The second-order valence-electron chi connectivity index (χ2n) is 4.57. The average molecular weight is 221 g/mol. The van der Waals surface area contributed by atoms with Crippen molar-refractivity contribution in [2.75, 3.05) is 13.2 Å². The molecule has 2 nitrogen and oxygen atoms in total. The molecule has 0 aliphatic rings. The molecule has 0 aliphatic heterocycles. The summed E-state index contributed by atoms with van der Waals surface area (Å²) >= 11 is 0. The Morgan fingerprint density at radius 3 is 2.81 bits per heavy atom. The van der Waals surface area contributed by atoms with E-state index in [-0.39, 0.29) is 0 Å². The zero-order valence-electron chi connectivity index (χ0n) is 10.4. The largest absolute Gasteiger partial charge is 0.494 e. The lowest BCUT2D eigenvalue weighted by Crippen LogP contribution is -2.03. The molecule has 0 spiro atoms. The monoisotopic (exact) mass is 221 g/mol. The Morgan fingerprint density at radius 2 is 2.12 bits per heavy atom. The van der Waals surface area contributed by atoms with Crippen molar-refractivity contribution in [3.63, 3.8) is 0 Å². The van der Waals surface area contributed by atoms with E-state index in [9.17, 15) is 0 Å². The van der Waals surface area contributed by atoms with Gasteiger partial charge in [0, 0.05) is 0 Å². The highest BCUT2D eigenvalue weighted by Gasteiger charge is 1.98. The lowest BCUT2D eigenvalue weighted by Gasteiger charge is -2.08. The van der Waals surface area contributed by atoms with Crippen LogP contribution in [-0.2, 0) is 6.42 Å². The van der Waals surface area contributed by atoms with Crippen LogP contribution in [0.2, 0.25) is 0 Å². The van der Waals surface area contributed by atoms with E-state index in [2.05, 4.69) is 26.0 Å². The van der Waals surface area contributed by atoms with Gasteiger partial charge in [-0.15, -0.1) is 0 Å². The van der Waals surface area contributed by atoms with Crippen molar-refractivity contribution in [2.24, 2.45) is 11.7 Å². The molecular formula is C14H23NO. The number of benzene rings is 1. The molecule has 0 saturated heterocycles. The molecule has 2 heteroatoms. The highest BCUT2D eigenvalue weighted by atomic mass is 16.5. The van der Waals surface area contributed by atoms with E-state index in [0.29, 0.717) is 6.54 Å². The molecule has 0 fully saturated rings. The molecule has 0 atom stereocenters. The molecule has 0 aliphatic carbocycles. The van der Waals surface area contributed by atoms with Crippen LogP contribution in [0.4, 0.5) is 0 Å². The first-order valence-corrected chi connectivity index (χ1v) is 6.14. The molecule has 1 rings (SSSR count). The number of hydrogen-bond donors (Lipinski definition) is 1. The maximum absolute atomic E-state index is 5.70. The SMILES string of the molecule is CC(C)CCCOc1cccc(CCN)c1. The number of rotatable bonds is 7. The van der Waals surface area contributed by atoms with Gasteiger partial charge in [-0.25, -0.2) is 0 Å². The number of ether oxygens (including phenoxy) is 1. The van der Waals surface area contributed by atoms with Crippen molar-refractivity contribution in [2.45, 2.75) is 33.1 Å². The summed E-state index contributed by atoms with van der Waals surface area (Å²) in [6, 6.07) is 8.22. The second-order valence-corrected chi connectivity index (χ2v) is 4.57. The van der Waals surface area contributed by atoms with Gasteiger partial charge in [0.25, 0.3) is 0 Å². The van der Waals surface area contributed by atoms with Crippen molar-refractivity contribution in [1.82, 2.24) is 0 Å². The van der Waals surface area contributed by atoms with Gasteiger partial charge in [-0.2, -0.15) is 0 Å². The van der Waals surface area contributed by atoms with Gasteiger partial charge in [-0.05, 0) is 49.4 Å². The van der Waals surface area contributed by atoms with Crippen molar-refractivity contribution in [1.29, 1.82) is 0 Å². The molecule has 0 heterocycles. The molecule has 0 radical (unpaired) electrons. The van der Waals surface area contributed by atoms with Gasteiger partial charge in [0.15, 0.2) is 0 Å². The summed E-state index contributed by atoms with van der Waals surface area (Å²) < 4.78 is 5.70. The fraction of sp³-hybridized carbons (Fsp3) is 0.571. The predicted octanol–water partition coefficient (Wildman–Crippen LogP) is 3.00. The molecule has 16 heavy (non-hydrogen) atoms. The Hall–Kier alpha value is -1.02. The topological polar surface area (TPSA) is 35.2 Å². The fourth-order valence-electron chi connectivity index (χ4n) is 1.64. The fourth-order valence-corrected chi connectivity index (χ4v) is 1.64. The summed E-state index contributed by atoms with van der Waals surface area (Å²) in [6.45, 7) is 5.98. The molecule has 0 unspecified atom stereocenters. The summed E-state index contributed by atoms with van der Waals surface area (Å²) in [4.78, 5) is 0. The summed E-state index contributed by atoms with van der Waals surface area (Å²) in [5, 5.41) is 0. The third-order valence-corrected chi connectivity index (χ3v) is 2.53. The highest BCUT2D eigenvalue weighted by molar-refractivity contribution is 5.28. The Kier molecular flexibility index (Phi) is 5.94. The third kappa shape index (κ3) is 5.17. The predicted molar refractivity (Wildman–Crippen MR) is 68.8 cm³/mol. The van der Waals surface area contributed by atoms with Crippen LogP contribution in [0.15, 0.2) is 24.3 Å².